The van der Waals surface area contributed by atoms with Gasteiger partial charge in [0.2, 0.25) is 5.75 Å². The second-order valence-electron chi connectivity index (χ2n) is 1.95. The van der Waals surface area contributed by atoms with Crippen LogP contribution in [-0.2, 0) is 4.79 Å². The first kappa shape index (κ1) is 12.8. The zero-order valence-electron chi connectivity index (χ0n) is 6.79. The summed E-state index contributed by atoms with van der Waals surface area (Å²) >= 11 is 4.32. The van der Waals surface area contributed by atoms with Gasteiger partial charge in [0, 0.05) is 0 Å². The van der Waals surface area contributed by atoms with E-state index in [1.165, 1.54) is 24.3 Å². The van der Waals surface area contributed by atoms with Crippen LogP contribution in [0.5, 0.6) is 5.75 Å². The second-order valence-corrected chi connectivity index (χ2v) is 2.13. The van der Waals surface area contributed by atoms with Gasteiger partial charge in [-0.1, -0.05) is 18.2 Å². The molecule has 0 heterocycles. The van der Waals surface area contributed by atoms with Gasteiger partial charge in [-0.15, -0.1) is 13.2 Å². The summed E-state index contributed by atoms with van der Waals surface area (Å²) in [5.41, 5.74) is 0. The molecule has 0 amide bonds. The van der Waals surface area contributed by atoms with Crippen LogP contribution in [0.25, 0.3) is 0 Å². The number of halogens is 4. The molecule has 0 atom stereocenters. The van der Waals surface area contributed by atoms with E-state index in [2.05, 4.69) is 16.3 Å². The number of carbonyl (C=O) groups excluding carboxylic acids is 1. The van der Waals surface area contributed by atoms with Crippen molar-refractivity contribution in [1.29, 1.82) is 0 Å². The predicted molar refractivity (Wildman–Crippen MR) is 45.7 cm³/mol. The summed E-state index contributed by atoms with van der Waals surface area (Å²) in [5, 5.41) is 0. The van der Waals surface area contributed by atoms with E-state index in [0.717, 1.165) is 0 Å². The van der Waals surface area contributed by atoms with Crippen molar-refractivity contribution in [2.24, 2.45) is 0 Å². The molecule has 0 fully saturated rings. The average molecular weight is 227 g/mol. The molecule has 0 unspecified atom stereocenters. The van der Waals surface area contributed by atoms with Gasteiger partial charge in [-0.05, 0) is 23.7 Å². The molecule has 0 aliphatic carbocycles. The van der Waals surface area contributed by atoms with Crippen LogP contribution in [0.2, 0.25) is 0 Å². The lowest BCUT2D eigenvalue weighted by Crippen LogP contribution is -2.16. The molecule has 6 heteroatoms. The summed E-state index contributed by atoms with van der Waals surface area (Å²) in [4.78, 5) is 8.57. The number of rotatable bonds is 1. The van der Waals surface area contributed by atoms with Crippen molar-refractivity contribution in [3.8, 4) is 5.75 Å². The molecule has 2 nitrogen and oxygen atoms in total. The number of alkyl halides is 3. The summed E-state index contributed by atoms with van der Waals surface area (Å²) in [6.45, 7) is 0. The molecule has 1 rings (SSSR count). The average Bonchev–Trinajstić information content (AvgIpc) is 2.04. The van der Waals surface area contributed by atoms with E-state index in [9.17, 15) is 13.2 Å². The maximum Gasteiger partial charge on any atom is 0.573 e. The SMILES string of the molecule is FC(F)(F)Oc1ccccc1.O=CCl. The van der Waals surface area contributed by atoms with E-state index in [0.29, 0.717) is 0 Å². The fourth-order valence-corrected chi connectivity index (χ4v) is 0.622. The molecule has 1 aromatic carbocycles. The fourth-order valence-electron chi connectivity index (χ4n) is 0.622. The molecular formula is C8H6ClF3O2. The van der Waals surface area contributed by atoms with Gasteiger partial charge >= 0.3 is 6.36 Å². The van der Waals surface area contributed by atoms with Gasteiger partial charge in [0.15, 0.2) is 0 Å². The lowest BCUT2D eigenvalue weighted by atomic mass is 10.3. The van der Waals surface area contributed by atoms with Crippen LogP contribution in [0.15, 0.2) is 30.3 Å². The van der Waals surface area contributed by atoms with Gasteiger partial charge in [0.1, 0.15) is 5.75 Å². The molecule has 78 valence electrons. The minimum atomic E-state index is -4.60. The van der Waals surface area contributed by atoms with Crippen molar-refractivity contribution >= 4 is 17.3 Å². The highest BCUT2D eigenvalue weighted by Gasteiger charge is 2.30. The summed E-state index contributed by atoms with van der Waals surface area (Å²) in [7, 11) is 0. The number of hydrogen-bond acceptors (Lipinski definition) is 2. The quantitative estimate of drug-likeness (QED) is 0.544. The Morgan fingerprint density at radius 1 is 1.21 bits per heavy atom. The van der Waals surface area contributed by atoms with Crippen molar-refractivity contribution in [2.45, 2.75) is 6.36 Å². The first-order valence-corrected chi connectivity index (χ1v) is 3.78. The van der Waals surface area contributed by atoms with Gasteiger partial charge in [0.25, 0.3) is 0 Å². The van der Waals surface area contributed by atoms with Crippen molar-refractivity contribution in [3.63, 3.8) is 0 Å². The van der Waals surface area contributed by atoms with E-state index in [-0.39, 0.29) is 11.5 Å². The van der Waals surface area contributed by atoms with Crippen LogP contribution in [0.3, 0.4) is 0 Å². The van der Waals surface area contributed by atoms with Gasteiger partial charge < -0.3 is 4.74 Å². The molecule has 0 aliphatic heterocycles. The third-order valence-electron chi connectivity index (χ3n) is 0.977. The Bertz CT molecular complexity index is 261. The highest BCUT2D eigenvalue weighted by molar-refractivity contribution is 6.54. The third-order valence-corrected chi connectivity index (χ3v) is 0.977. The molecule has 0 bridgehead atoms. The van der Waals surface area contributed by atoms with Crippen LogP contribution < -0.4 is 4.74 Å². The molecule has 0 N–H and O–H groups in total. The molecule has 0 radical (unpaired) electrons. The van der Waals surface area contributed by atoms with Crippen molar-refractivity contribution in [3.05, 3.63) is 30.3 Å². The third kappa shape index (κ3) is 7.42. The Morgan fingerprint density at radius 3 is 2.00 bits per heavy atom. The Balaban J connectivity index is 0.000000500. The first-order chi connectivity index (χ1) is 6.49. The number of ether oxygens (including phenoxy) is 1. The zero-order valence-corrected chi connectivity index (χ0v) is 7.55. The lowest BCUT2D eigenvalue weighted by molar-refractivity contribution is -0.274. The molecule has 1 aromatic rings. The minimum Gasteiger partial charge on any atom is -0.406 e. The Labute approximate surface area is 83.2 Å². The molecule has 0 aliphatic rings. The number of carbonyl (C=O) groups is 1. The van der Waals surface area contributed by atoms with Crippen molar-refractivity contribution in [1.82, 2.24) is 0 Å². The van der Waals surface area contributed by atoms with Gasteiger partial charge in [-0.25, -0.2) is 0 Å². The standard InChI is InChI=1S/C7H5F3O.CHClO/c8-7(9,10)11-6-4-2-1-3-5-6;2-1-3/h1-5H;1H. The normalized spacial score (nSPS) is 9.71. The highest BCUT2D eigenvalue weighted by atomic mass is 35.5. The van der Waals surface area contributed by atoms with Crippen LogP contribution >= 0.6 is 11.6 Å². The Hall–Kier alpha value is -1.23. The second kappa shape index (κ2) is 6.26. The monoisotopic (exact) mass is 226 g/mol. The zero-order chi connectivity index (χ0) is 11.0. The van der Waals surface area contributed by atoms with E-state index in [4.69, 9.17) is 4.79 Å². The lowest BCUT2D eigenvalue weighted by Gasteiger charge is -2.07. The Morgan fingerprint density at radius 2 is 1.64 bits per heavy atom. The molecule has 0 saturated heterocycles. The smallest absolute Gasteiger partial charge is 0.406 e. The number of hydrogen-bond donors (Lipinski definition) is 0. The van der Waals surface area contributed by atoms with E-state index < -0.39 is 6.36 Å². The Kier molecular flexibility index (Phi) is 5.71. The van der Waals surface area contributed by atoms with Gasteiger partial charge in [-0.3, -0.25) is 4.79 Å². The van der Waals surface area contributed by atoms with Crippen molar-refractivity contribution in [2.75, 3.05) is 0 Å². The topological polar surface area (TPSA) is 26.3 Å². The highest BCUT2D eigenvalue weighted by Crippen LogP contribution is 2.21. The van der Waals surface area contributed by atoms with E-state index in [1.807, 2.05) is 0 Å². The molecular weight excluding hydrogens is 221 g/mol. The van der Waals surface area contributed by atoms with Gasteiger partial charge in [-0.2, -0.15) is 0 Å². The summed E-state index contributed by atoms with van der Waals surface area (Å²) in [5.74, 6) is 0.0278. The van der Waals surface area contributed by atoms with Crippen LogP contribution in [0, 0.1) is 0 Å². The van der Waals surface area contributed by atoms with E-state index >= 15 is 0 Å². The molecule has 0 aromatic heterocycles. The minimum absolute atomic E-state index is 0.194. The predicted octanol–water partition coefficient (Wildman–Crippen LogP) is 3.00. The summed E-state index contributed by atoms with van der Waals surface area (Å²) in [6.07, 6.45) is -4.60. The molecule has 0 spiro atoms. The number of para-hydroxylation sites is 1. The summed E-state index contributed by atoms with van der Waals surface area (Å²) < 4.78 is 38.2. The van der Waals surface area contributed by atoms with Gasteiger partial charge in [0.05, 0.1) is 0 Å². The molecule has 14 heavy (non-hydrogen) atoms. The first-order valence-electron chi connectivity index (χ1n) is 3.34. The van der Waals surface area contributed by atoms with Crippen LogP contribution in [-0.4, -0.2) is 12.1 Å². The molecule has 0 saturated carbocycles. The number of benzene rings is 1. The maximum absolute atomic E-state index is 11.5. The van der Waals surface area contributed by atoms with Crippen LogP contribution in [0.1, 0.15) is 0 Å². The maximum atomic E-state index is 11.5. The summed E-state index contributed by atoms with van der Waals surface area (Å²) in [6, 6.07) is 7.05. The largest absolute Gasteiger partial charge is 0.573 e. The fraction of sp³-hybridized carbons (Fsp3) is 0.125. The van der Waals surface area contributed by atoms with Crippen molar-refractivity contribution < 1.29 is 22.7 Å². The van der Waals surface area contributed by atoms with Crippen LogP contribution in [0.4, 0.5) is 13.2 Å². The van der Waals surface area contributed by atoms with E-state index in [1.54, 1.807) is 6.07 Å².